The van der Waals surface area contributed by atoms with Crippen LogP contribution in [0.25, 0.3) is 0 Å². The molecule has 1 aliphatic heterocycles. The molecule has 0 aliphatic carbocycles. The smallest absolute Gasteiger partial charge is 0.295 e. The van der Waals surface area contributed by atoms with Crippen LogP contribution in [0.15, 0.2) is 12.1 Å². The number of nitrogens with one attached hydrogen (secondary N) is 2. The van der Waals surface area contributed by atoms with Gasteiger partial charge in [-0.25, -0.2) is 4.39 Å². The van der Waals surface area contributed by atoms with E-state index in [1.807, 2.05) is 0 Å². The SMILES string of the molecule is COc1cc(NCC2CCNC2)c([N+](=O)[O-])cc1F. The van der Waals surface area contributed by atoms with Crippen molar-refractivity contribution < 1.29 is 14.1 Å². The molecule has 1 unspecified atom stereocenters. The van der Waals surface area contributed by atoms with Crippen LogP contribution in [0.4, 0.5) is 15.8 Å². The van der Waals surface area contributed by atoms with Gasteiger partial charge in [0.15, 0.2) is 11.6 Å². The van der Waals surface area contributed by atoms with Crippen molar-refractivity contribution in [3.8, 4) is 5.75 Å². The highest BCUT2D eigenvalue weighted by molar-refractivity contribution is 5.64. The van der Waals surface area contributed by atoms with E-state index in [1.54, 1.807) is 0 Å². The molecule has 7 heteroatoms. The minimum atomic E-state index is -0.734. The van der Waals surface area contributed by atoms with Gasteiger partial charge in [0, 0.05) is 12.6 Å². The van der Waals surface area contributed by atoms with Crippen molar-refractivity contribution in [1.82, 2.24) is 5.32 Å². The Morgan fingerprint density at radius 1 is 1.63 bits per heavy atom. The van der Waals surface area contributed by atoms with Crippen LogP contribution in [-0.4, -0.2) is 31.7 Å². The molecule has 1 aliphatic rings. The van der Waals surface area contributed by atoms with Gasteiger partial charge in [0.25, 0.3) is 5.69 Å². The third-order valence-corrected chi connectivity index (χ3v) is 3.21. The molecule has 1 aromatic carbocycles. The Labute approximate surface area is 110 Å². The molecule has 2 rings (SSSR count). The summed E-state index contributed by atoms with van der Waals surface area (Å²) in [6.07, 6.45) is 1.03. The first kappa shape index (κ1) is 13.5. The third-order valence-electron chi connectivity index (χ3n) is 3.21. The molecule has 104 valence electrons. The predicted octanol–water partition coefficient (Wildman–Crippen LogP) is 1.76. The molecule has 1 fully saturated rings. The minimum absolute atomic E-state index is 0.00218. The topological polar surface area (TPSA) is 76.4 Å². The van der Waals surface area contributed by atoms with E-state index in [1.165, 1.54) is 13.2 Å². The maximum absolute atomic E-state index is 13.5. The highest BCUT2D eigenvalue weighted by Crippen LogP contribution is 2.32. The molecule has 19 heavy (non-hydrogen) atoms. The molecule has 1 saturated heterocycles. The molecule has 1 heterocycles. The second-order valence-corrected chi connectivity index (χ2v) is 4.50. The Morgan fingerprint density at radius 2 is 2.42 bits per heavy atom. The molecular weight excluding hydrogens is 253 g/mol. The molecular formula is C12H16FN3O3. The van der Waals surface area contributed by atoms with Gasteiger partial charge in [0.2, 0.25) is 0 Å². The number of hydrogen-bond donors (Lipinski definition) is 2. The van der Waals surface area contributed by atoms with E-state index in [2.05, 4.69) is 10.6 Å². The van der Waals surface area contributed by atoms with Crippen LogP contribution >= 0.6 is 0 Å². The van der Waals surface area contributed by atoms with E-state index in [4.69, 9.17) is 4.74 Å². The first-order valence-corrected chi connectivity index (χ1v) is 6.08. The third kappa shape index (κ3) is 3.11. The van der Waals surface area contributed by atoms with Crippen molar-refractivity contribution >= 4 is 11.4 Å². The van der Waals surface area contributed by atoms with E-state index >= 15 is 0 Å². The summed E-state index contributed by atoms with van der Waals surface area (Å²) in [5, 5.41) is 17.1. The van der Waals surface area contributed by atoms with Gasteiger partial charge in [-0.1, -0.05) is 0 Å². The summed E-state index contributed by atoms with van der Waals surface area (Å²) in [7, 11) is 1.33. The maximum Gasteiger partial charge on any atom is 0.295 e. The lowest BCUT2D eigenvalue weighted by Crippen LogP contribution is -2.17. The number of rotatable bonds is 5. The number of nitro groups is 1. The van der Waals surface area contributed by atoms with Gasteiger partial charge in [0.1, 0.15) is 5.69 Å². The highest BCUT2D eigenvalue weighted by atomic mass is 19.1. The van der Waals surface area contributed by atoms with Gasteiger partial charge >= 0.3 is 0 Å². The number of methoxy groups -OCH3 is 1. The second-order valence-electron chi connectivity index (χ2n) is 4.50. The zero-order valence-corrected chi connectivity index (χ0v) is 10.6. The average Bonchev–Trinajstić information content (AvgIpc) is 2.89. The van der Waals surface area contributed by atoms with Gasteiger partial charge in [0.05, 0.1) is 18.1 Å². The summed E-state index contributed by atoms with van der Waals surface area (Å²) in [6, 6.07) is 2.21. The first-order chi connectivity index (χ1) is 9.11. The van der Waals surface area contributed by atoms with Crippen LogP contribution in [0.2, 0.25) is 0 Å². The van der Waals surface area contributed by atoms with Crippen molar-refractivity contribution in [2.45, 2.75) is 6.42 Å². The van der Waals surface area contributed by atoms with Crippen LogP contribution in [0.5, 0.6) is 5.75 Å². The summed E-state index contributed by atoms with van der Waals surface area (Å²) in [6.45, 7) is 2.46. The number of hydrogen-bond acceptors (Lipinski definition) is 5. The molecule has 2 N–H and O–H groups in total. The number of anilines is 1. The van der Waals surface area contributed by atoms with Crippen LogP contribution in [0, 0.1) is 21.8 Å². The first-order valence-electron chi connectivity index (χ1n) is 6.08. The number of halogens is 1. The fourth-order valence-electron chi connectivity index (χ4n) is 2.13. The monoisotopic (exact) mass is 269 g/mol. The molecule has 1 aromatic rings. The van der Waals surface area contributed by atoms with Crippen LogP contribution in [0.3, 0.4) is 0 Å². The van der Waals surface area contributed by atoms with Gasteiger partial charge in [-0.3, -0.25) is 10.1 Å². The molecule has 0 spiro atoms. The van der Waals surface area contributed by atoms with E-state index in [0.717, 1.165) is 25.6 Å². The molecule has 1 atom stereocenters. The van der Waals surface area contributed by atoms with Gasteiger partial charge in [-0.05, 0) is 25.4 Å². The molecule has 0 saturated carbocycles. The van der Waals surface area contributed by atoms with E-state index in [0.29, 0.717) is 12.5 Å². The van der Waals surface area contributed by atoms with Crippen LogP contribution in [-0.2, 0) is 0 Å². The van der Waals surface area contributed by atoms with E-state index in [9.17, 15) is 14.5 Å². The number of nitrogens with zero attached hydrogens (tertiary/aromatic N) is 1. The van der Waals surface area contributed by atoms with Crippen LogP contribution < -0.4 is 15.4 Å². The van der Waals surface area contributed by atoms with E-state index < -0.39 is 10.7 Å². The van der Waals surface area contributed by atoms with Crippen molar-refractivity contribution in [2.24, 2.45) is 5.92 Å². The van der Waals surface area contributed by atoms with Crippen molar-refractivity contribution in [2.75, 3.05) is 32.1 Å². The molecule has 0 aromatic heterocycles. The summed E-state index contributed by atoms with van der Waals surface area (Å²) in [4.78, 5) is 10.3. The number of ether oxygens (including phenoxy) is 1. The minimum Gasteiger partial charge on any atom is -0.494 e. The quantitative estimate of drug-likeness (QED) is 0.629. The Kier molecular flexibility index (Phi) is 4.16. The van der Waals surface area contributed by atoms with Gasteiger partial charge in [-0.15, -0.1) is 0 Å². The lowest BCUT2D eigenvalue weighted by atomic mass is 10.1. The molecule has 0 radical (unpaired) electrons. The predicted molar refractivity (Wildman–Crippen MR) is 69.1 cm³/mol. The summed E-state index contributed by atoms with van der Waals surface area (Å²) >= 11 is 0. The van der Waals surface area contributed by atoms with Gasteiger partial charge < -0.3 is 15.4 Å². The van der Waals surface area contributed by atoms with Crippen molar-refractivity contribution in [3.05, 3.63) is 28.1 Å². The Hall–Kier alpha value is -1.89. The number of benzene rings is 1. The zero-order valence-electron chi connectivity index (χ0n) is 10.6. The Bertz CT molecular complexity index is 476. The molecule has 0 bridgehead atoms. The normalized spacial score (nSPS) is 18.3. The lowest BCUT2D eigenvalue weighted by Gasteiger charge is -2.12. The Balaban J connectivity index is 2.18. The highest BCUT2D eigenvalue weighted by Gasteiger charge is 2.21. The number of nitro benzene ring substituents is 1. The molecule has 0 amide bonds. The van der Waals surface area contributed by atoms with E-state index in [-0.39, 0.29) is 17.1 Å². The molecule has 6 nitrogen and oxygen atoms in total. The Morgan fingerprint density at radius 3 is 3.00 bits per heavy atom. The standard InChI is InChI=1S/C12H16FN3O3/c1-19-12-5-10(11(16(17)18)4-9(12)13)15-7-8-2-3-14-6-8/h4-5,8,14-15H,2-3,6-7H2,1H3. The van der Waals surface area contributed by atoms with Crippen LogP contribution in [0.1, 0.15) is 6.42 Å². The van der Waals surface area contributed by atoms with Gasteiger partial charge in [-0.2, -0.15) is 0 Å². The zero-order chi connectivity index (χ0) is 13.8. The summed E-state index contributed by atoms with van der Waals surface area (Å²) in [5.41, 5.74) is 0.0133. The average molecular weight is 269 g/mol. The summed E-state index contributed by atoms with van der Waals surface area (Å²) < 4.78 is 18.3. The maximum atomic E-state index is 13.5. The van der Waals surface area contributed by atoms with Crippen molar-refractivity contribution in [3.63, 3.8) is 0 Å². The fourth-order valence-corrected chi connectivity index (χ4v) is 2.13. The van der Waals surface area contributed by atoms with Crippen molar-refractivity contribution in [1.29, 1.82) is 0 Å². The second kappa shape index (κ2) is 5.83. The fraction of sp³-hybridized carbons (Fsp3) is 0.500. The lowest BCUT2D eigenvalue weighted by molar-refractivity contribution is -0.384. The summed E-state index contributed by atoms with van der Waals surface area (Å²) in [5.74, 6) is -0.310. The largest absolute Gasteiger partial charge is 0.494 e.